The second kappa shape index (κ2) is 4.87. The van der Waals surface area contributed by atoms with E-state index in [2.05, 4.69) is 73.7 Å². The van der Waals surface area contributed by atoms with Crippen LogP contribution in [-0.4, -0.2) is 0 Å². The van der Waals surface area contributed by atoms with Crippen molar-refractivity contribution in [3.05, 3.63) is 72.3 Å². The number of hydrogen-bond acceptors (Lipinski definition) is 1. The van der Waals surface area contributed by atoms with Gasteiger partial charge in [0, 0.05) is 9.79 Å². The molecular weight excluding hydrogens is 236 g/mol. The number of rotatable bonds is 2. The van der Waals surface area contributed by atoms with Crippen LogP contribution >= 0.6 is 11.8 Å². The van der Waals surface area contributed by atoms with Gasteiger partial charge in [-0.3, -0.25) is 0 Å². The Morgan fingerprint density at radius 3 is 2.11 bits per heavy atom. The average Bonchev–Trinajstić information content (AvgIpc) is 2.41. The Bertz CT molecular complexity index is 669. The third-order valence-electron chi connectivity index (χ3n) is 2.98. The van der Waals surface area contributed by atoms with Gasteiger partial charge in [0.05, 0.1) is 0 Å². The molecule has 0 aliphatic heterocycles. The average molecular weight is 250 g/mol. The summed E-state index contributed by atoms with van der Waals surface area (Å²) in [6.45, 7) is 2.12. The lowest BCUT2D eigenvalue weighted by molar-refractivity contribution is 1.37. The van der Waals surface area contributed by atoms with Crippen molar-refractivity contribution in [3.8, 4) is 0 Å². The SMILES string of the molecule is Cc1ccc(Sc2ccc3ccccc3c2)cc1. The van der Waals surface area contributed by atoms with E-state index in [-0.39, 0.29) is 0 Å². The first kappa shape index (κ1) is 11.4. The van der Waals surface area contributed by atoms with Crippen LogP contribution in [0.4, 0.5) is 0 Å². The third kappa shape index (κ3) is 2.41. The quantitative estimate of drug-likeness (QED) is 0.594. The van der Waals surface area contributed by atoms with Crippen LogP contribution in [0.3, 0.4) is 0 Å². The summed E-state index contributed by atoms with van der Waals surface area (Å²) in [5.41, 5.74) is 1.30. The van der Waals surface area contributed by atoms with E-state index in [0.29, 0.717) is 0 Å². The maximum Gasteiger partial charge on any atom is 0.0128 e. The van der Waals surface area contributed by atoms with Gasteiger partial charge in [-0.2, -0.15) is 0 Å². The summed E-state index contributed by atoms with van der Waals surface area (Å²) in [4.78, 5) is 2.58. The lowest BCUT2D eigenvalue weighted by atomic mass is 10.1. The van der Waals surface area contributed by atoms with Gasteiger partial charge >= 0.3 is 0 Å². The third-order valence-corrected chi connectivity index (χ3v) is 3.98. The highest BCUT2D eigenvalue weighted by Gasteiger charge is 1.99. The van der Waals surface area contributed by atoms with Crippen molar-refractivity contribution in [2.24, 2.45) is 0 Å². The minimum Gasteiger partial charge on any atom is -0.0901 e. The number of benzene rings is 3. The van der Waals surface area contributed by atoms with E-state index in [1.165, 1.54) is 26.1 Å². The molecule has 0 amide bonds. The number of hydrogen-bond donors (Lipinski definition) is 0. The fourth-order valence-corrected chi connectivity index (χ4v) is 2.84. The van der Waals surface area contributed by atoms with Gasteiger partial charge < -0.3 is 0 Å². The van der Waals surface area contributed by atoms with E-state index < -0.39 is 0 Å². The molecule has 0 nitrogen and oxygen atoms in total. The van der Waals surface area contributed by atoms with E-state index in [0.717, 1.165) is 0 Å². The lowest BCUT2D eigenvalue weighted by Gasteiger charge is -2.04. The van der Waals surface area contributed by atoms with Crippen molar-refractivity contribution in [1.82, 2.24) is 0 Å². The monoisotopic (exact) mass is 250 g/mol. The summed E-state index contributed by atoms with van der Waals surface area (Å²) in [6, 6.07) is 23.8. The van der Waals surface area contributed by atoms with Gasteiger partial charge in [-0.25, -0.2) is 0 Å². The van der Waals surface area contributed by atoms with Crippen LogP contribution in [-0.2, 0) is 0 Å². The number of fused-ring (bicyclic) bond motifs is 1. The molecule has 88 valence electrons. The van der Waals surface area contributed by atoms with Crippen LogP contribution in [0.15, 0.2) is 76.5 Å². The minimum absolute atomic E-state index is 1.29. The summed E-state index contributed by atoms with van der Waals surface area (Å²) < 4.78 is 0. The van der Waals surface area contributed by atoms with Crippen molar-refractivity contribution in [1.29, 1.82) is 0 Å². The highest BCUT2D eigenvalue weighted by molar-refractivity contribution is 7.99. The first-order chi connectivity index (χ1) is 8.81. The van der Waals surface area contributed by atoms with Gasteiger partial charge in [0.25, 0.3) is 0 Å². The molecule has 0 unspecified atom stereocenters. The van der Waals surface area contributed by atoms with Gasteiger partial charge in [0.2, 0.25) is 0 Å². The number of aryl methyl sites for hydroxylation is 1. The Labute approximate surface area is 112 Å². The molecule has 0 heterocycles. The first-order valence-corrected chi connectivity index (χ1v) is 6.86. The zero-order valence-corrected chi connectivity index (χ0v) is 11.1. The van der Waals surface area contributed by atoms with Crippen LogP contribution < -0.4 is 0 Å². The predicted molar refractivity (Wildman–Crippen MR) is 79.3 cm³/mol. The van der Waals surface area contributed by atoms with E-state index in [4.69, 9.17) is 0 Å². The molecule has 1 heteroatoms. The molecule has 0 saturated heterocycles. The van der Waals surface area contributed by atoms with Crippen LogP contribution in [0.1, 0.15) is 5.56 Å². The molecule has 3 aromatic carbocycles. The molecule has 0 radical (unpaired) electrons. The molecule has 0 N–H and O–H groups in total. The molecule has 0 fully saturated rings. The normalized spacial score (nSPS) is 10.7. The Morgan fingerprint density at radius 2 is 1.33 bits per heavy atom. The second-order valence-corrected chi connectivity index (χ2v) is 5.57. The van der Waals surface area contributed by atoms with Gasteiger partial charge in [0.1, 0.15) is 0 Å². The van der Waals surface area contributed by atoms with Crippen LogP contribution in [0, 0.1) is 6.92 Å². The summed E-state index contributed by atoms with van der Waals surface area (Å²) in [5.74, 6) is 0. The molecule has 0 spiro atoms. The molecule has 0 bridgehead atoms. The molecule has 3 aromatic rings. The molecule has 0 aliphatic rings. The van der Waals surface area contributed by atoms with Gasteiger partial charge in [0.15, 0.2) is 0 Å². The highest BCUT2D eigenvalue weighted by Crippen LogP contribution is 2.30. The Morgan fingerprint density at radius 1 is 0.667 bits per heavy atom. The van der Waals surface area contributed by atoms with Crippen LogP contribution in [0.2, 0.25) is 0 Å². The van der Waals surface area contributed by atoms with Gasteiger partial charge in [-0.1, -0.05) is 59.8 Å². The standard InChI is InChI=1S/C17H14S/c1-13-6-9-16(10-7-13)18-17-11-8-14-4-2-3-5-15(14)12-17/h2-12H,1H3. The van der Waals surface area contributed by atoms with E-state index >= 15 is 0 Å². The molecular formula is C17H14S. The molecule has 3 rings (SSSR count). The van der Waals surface area contributed by atoms with Crippen LogP contribution in [0.5, 0.6) is 0 Å². The molecule has 0 atom stereocenters. The first-order valence-electron chi connectivity index (χ1n) is 6.04. The largest absolute Gasteiger partial charge is 0.0901 e. The summed E-state index contributed by atoms with van der Waals surface area (Å²) in [5, 5.41) is 2.60. The molecule has 0 aromatic heterocycles. The second-order valence-electron chi connectivity index (χ2n) is 4.42. The maximum absolute atomic E-state index is 2.25. The zero-order valence-electron chi connectivity index (χ0n) is 10.3. The molecule has 18 heavy (non-hydrogen) atoms. The van der Waals surface area contributed by atoms with E-state index in [1.807, 2.05) is 11.8 Å². The fourth-order valence-electron chi connectivity index (χ4n) is 1.97. The fraction of sp³-hybridized carbons (Fsp3) is 0.0588. The summed E-state index contributed by atoms with van der Waals surface area (Å²) in [6.07, 6.45) is 0. The predicted octanol–water partition coefficient (Wildman–Crippen LogP) is 5.30. The molecule has 0 aliphatic carbocycles. The Kier molecular flexibility index (Phi) is 3.07. The van der Waals surface area contributed by atoms with Gasteiger partial charge in [-0.05, 0) is 42.0 Å². The van der Waals surface area contributed by atoms with Crippen molar-refractivity contribution in [2.45, 2.75) is 16.7 Å². The minimum atomic E-state index is 1.29. The van der Waals surface area contributed by atoms with Crippen molar-refractivity contribution in [3.63, 3.8) is 0 Å². The van der Waals surface area contributed by atoms with E-state index in [1.54, 1.807) is 0 Å². The van der Waals surface area contributed by atoms with E-state index in [9.17, 15) is 0 Å². The van der Waals surface area contributed by atoms with Crippen molar-refractivity contribution < 1.29 is 0 Å². The summed E-state index contributed by atoms with van der Waals surface area (Å²) in [7, 11) is 0. The summed E-state index contributed by atoms with van der Waals surface area (Å²) >= 11 is 1.81. The van der Waals surface area contributed by atoms with Crippen molar-refractivity contribution >= 4 is 22.5 Å². The topological polar surface area (TPSA) is 0 Å². The van der Waals surface area contributed by atoms with Crippen LogP contribution in [0.25, 0.3) is 10.8 Å². The maximum atomic E-state index is 2.25. The smallest absolute Gasteiger partial charge is 0.0128 e. The van der Waals surface area contributed by atoms with Gasteiger partial charge in [-0.15, -0.1) is 0 Å². The zero-order chi connectivity index (χ0) is 12.4. The Balaban J connectivity index is 1.92. The lowest BCUT2D eigenvalue weighted by Crippen LogP contribution is -1.77. The highest BCUT2D eigenvalue weighted by atomic mass is 32.2. The Hall–Kier alpha value is -1.73. The van der Waals surface area contributed by atoms with Crippen molar-refractivity contribution in [2.75, 3.05) is 0 Å². The molecule has 0 saturated carbocycles.